The second-order valence-corrected chi connectivity index (χ2v) is 10.6. The number of amides is 1. The quantitative estimate of drug-likeness (QED) is 0.347. The Hall–Kier alpha value is -4.19. The van der Waals surface area contributed by atoms with E-state index in [2.05, 4.69) is 4.99 Å². The van der Waals surface area contributed by atoms with Crippen molar-refractivity contribution in [2.45, 2.75) is 6.54 Å². The van der Waals surface area contributed by atoms with Crippen molar-refractivity contribution in [3.8, 4) is 16.9 Å². The molecule has 43 heavy (non-hydrogen) atoms. The van der Waals surface area contributed by atoms with Crippen LogP contribution in [0.4, 0.5) is 14.5 Å². The zero-order valence-corrected chi connectivity index (χ0v) is 24.4. The molecule has 2 heterocycles. The van der Waals surface area contributed by atoms with Crippen LogP contribution >= 0.6 is 23.2 Å². The van der Waals surface area contributed by atoms with Crippen molar-refractivity contribution < 1.29 is 33.0 Å². The van der Waals surface area contributed by atoms with Gasteiger partial charge in [0, 0.05) is 49.3 Å². The lowest BCUT2D eigenvalue weighted by Crippen LogP contribution is -2.38. The maximum absolute atomic E-state index is 16.1. The van der Waals surface area contributed by atoms with Crippen LogP contribution in [-0.4, -0.2) is 68.2 Å². The van der Waals surface area contributed by atoms with E-state index in [1.54, 1.807) is 31.3 Å². The van der Waals surface area contributed by atoms with Gasteiger partial charge >= 0.3 is 5.97 Å². The molecular weight excluding hydrogens is 605 g/mol. The van der Waals surface area contributed by atoms with Gasteiger partial charge in [0.1, 0.15) is 11.6 Å². The van der Waals surface area contributed by atoms with E-state index in [0.29, 0.717) is 16.7 Å². The second-order valence-electron chi connectivity index (χ2n) is 9.74. The monoisotopic (exact) mass is 630 g/mol. The van der Waals surface area contributed by atoms with Crippen molar-refractivity contribution in [2.75, 3.05) is 45.0 Å². The number of aliphatic imine (C=N–C) groups is 1. The predicted molar refractivity (Wildman–Crippen MR) is 160 cm³/mol. The van der Waals surface area contributed by atoms with E-state index in [9.17, 15) is 14.7 Å². The maximum Gasteiger partial charge on any atom is 0.338 e. The molecule has 1 saturated heterocycles. The number of ether oxygens (including phenoxy) is 2. The minimum absolute atomic E-state index is 0.0274. The number of carbonyl (C=O) groups is 2. The lowest BCUT2D eigenvalue weighted by atomic mass is 9.96. The average Bonchev–Trinajstić information content (AvgIpc) is 2.99. The normalized spacial score (nSPS) is 15.4. The zero-order chi connectivity index (χ0) is 30.8. The van der Waals surface area contributed by atoms with Crippen LogP contribution in [-0.2, 0) is 11.3 Å². The third-order valence-corrected chi connectivity index (χ3v) is 7.76. The number of halogens is 4. The highest BCUT2D eigenvalue weighted by Crippen LogP contribution is 2.43. The highest BCUT2D eigenvalue weighted by Gasteiger charge is 2.32. The molecule has 2 aliphatic heterocycles. The predicted octanol–water partition coefficient (Wildman–Crippen LogP) is 5.47. The first-order valence-electron chi connectivity index (χ1n) is 13.1. The number of carboxylic acid groups (broad SMARTS) is 1. The number of carboxylic acids is 1. The van der Waals surface area contributed by atoms with Crippen LogP contribution in [0.15, 0.2) is 47.6 Å². The number of fused-ring (bicyclic) bond motifs is 1. The molecule has 5 rings (SSSR count). The minimum atomic E-state index is -1.45. The smallest absolute Gasteiger partial charge is 0.338 e. The first kappa shape index (κ1) is 30.3. The molecule has 3 aromatic carbocycles. The SMILES string of the molecule is CN=CC(=CN)c1cc(Cl)c(C(=O)N2COc3c(cccc3-c3c(F)cc(C(=O)O)c(N4CCOCC4)c3F)C2)c(Cl)c1. The Balaban J connectivity index is 1.50. The Kier molecular flexibility index (Phi) is 8.86. The van der Waals surface area contributed by atoms with E-state index >= 15 is 8.78 Å². The number of nitrogens with two attached hydrogens (primary N) is 1. The molecule has 224 valence electrons. The van der Waals surface area contributed by atoms with Crippen molar-refractivity contribution in [3.05, 3.63) is 86.5 Å². The number of para-hydroxylation sites is 1. The zero-order valence-electron chi connectivity index (χ0n) is 22.9. The van der Waals surface area contributed by atoms with Gasteiger partial charge in [0.25, 0.3) is 5.91 Å². The van der Waals surface area contributed by atoms with Crippen molar-refractivity contribution in [1.29, 1.82) is 0 Å². The summed E-state index contributed by atoms with van der Waals surface area (Å²) in [5.41, 5.74) is 6.29. The fourth-order valence-electron chi connectivity index (χ4n) is 5.17. The van der Waals surface area contributed by atoms with Crippen LogP contribution in [0.2, 0.25) is 10.0 Å². The molecule has 0 spiro atoms. The number of aromatic carboxylic acids is 1. The summed E-state index contributed by atoms with van der Waals surface area (Å²) in [4.78, 5) is 32.3. The topological polar surface area (TPSA) is 118 Å². The molecule has 1 fully saturated rings. The number of carbonyl (C=O) groups excluding carboxylic acids is 1. The van der Waals surface area contributed by atoms with Gasteiger partial charge in [-0.15, -0.1) is 0 Å². The third kappa shape index (κ3) is 5.75. The van der Waals surface area contributed by atoms with Gasteiger partial charge in [-0.05, 0) is 23.8 Å². The maximum atomic E-state index is 16.1. The molecule has 3 aromatic rings. The number of hydrogen-bond donors (Lipinski definition) is 2. The van der Waals surface area contributed by atoms with E-state index < -0.39 is 34.6 Å². The molecule has 3 N–H and O–H groups in total. The van der Waals surface area contributed by atoms with E-state index in [1.165, 1.54) is 28.3 Å². The Morgan fingerprint density at radius 1 is 1.12 bits per heavy atom. The first-order valence-corrected chi connectivity index (χ1v) is 13.9. The average molecular weight is 631 g/mol. The lowest BCUT2D eigenvalue weighted by Gasteiger charge is -2.32. The third-order valence-electron chi connectivity index (χ3n) is 7.17. The van der Waals surface area contributed by atoms with Gasteiger partial charge in [-0.3, -0.25) is 9.79 Å². The highest BCUT2D eigenvalue weighted by atomic mass is 35.5. The standard InChI is InChI=1S/C30H26Cl2F2N4O5/c1-36-13-18(12-35)17-9-21(31)25(22(32)10-17)29(39)38-14-16-3-2-4-19(28(16)43-15-38)24-23(33)11-20(30(40)41)27(26(24)34)37-5-7-42-8-6-37/h2-4,9-13H,5-8,14-15,35H2,1H3,(H,40,41). The van der Waals surface area contributed by atoms with Crippen LogP contribution in [0.1, 0.15) is 31.8 Å². The molecule has 0 saturated carbocycles. The second kappa shape index (κ2) is 12.6. The fourth-order valence-corrected chi connectivity index (χ4v) is 5.82. The van der Waals surface area contributed by atoms with Gasteiger partial charge in [0.15, 0.2) is 12.5 Å². The molecule has 1 amide bonds. The molecule has 0 radical (unpaired) electrons. The Morgan fingerprint density at radius 2 is 1.81 bits per heavy atom. The number of morpholine rings is 1. The number of anilines is 1. The van der Waals surface area contributed by atoms with E-state index in [0.717, 1.165) is 6.07 Å². The molecule has 0 aliphatic carbocycles. The summed E-state index contributed by atoms with van der Waals surface area (Å²) in [6.45, 7) is 0.789. The van der Waals surface area contributed by atoms with Crippen molar-refractivity contribution in [1.82, 2.24) is 4.90 Å². The first-order chi connectivity index (χ1) is 20.7. The summed E-state index contributed by atoms with van der Waals surface area (Å²) in [6.07, 6.45) is 2.87. The summed E-state index contributed by atoms with van der Waals surface area (Å²) in [6, 6.07) is 8.64. The van der Waals surface area contributed by atoms with E-state index in [4.69, 9.17) is 38.4 Å². The summed E-state index contributed by atoms with van der Waals surface area (Å²) in [7, 11) is 1.58. The minimum Gasteiger partial charge on any atom is -0.478 e. The number of allylic oxidation sites excluding steroid dienone is 1. The molecule has 0 atom stereocenters. The lowest BCUT2D eigenvalue weighted by molar-refractivity contribution is 0.0516. The van der Waals surface area contributed by atoms with Crippen LogP contribution in [0.5, 0.6) is 5.75 Å². The summed E-state index contributed by atoms with van der Waals surface area (Å²) < 4.78 is 42.8. The van der Waals surface area contributed by atoms with Crippen molar-refractivity contribution in [3.63, 3.8) is 0 Å². The van der Waals surface area contributed by atoms with Gasteiger partial charge in [-0.1, -0.05) is 41.4 Å². The van der Waals surface area contributed by atoms with Crippen LogP contribution in [0.3, 0.4) is 0 Å². The molecule has 13 heteroatoms. The number of hydrogen-bond acceptors (Lipinski definition) is 7. The molecular formula is C30H26Cl2F2N4O5. The largest absolute Gasteiger partial charge is 0.478 e. The van der Waals surface area contributed by atoms with Gasteiger partial charge in [0.2, 0.25) is 0 Å². The van der Waals surface area contributed by atoms with Crippen LogP contribution in [0.25, 0.3) is 16.7 Å². The number of benzene rings is 3. The Labute approximate surface area is 255 Å². The van der Waals surface area contributed by atoms with Crippen molar-refractivity contribution >= 4 is 52.6 Å². The summed E-state index contributed by atoms with van der Waals surface area (Å²) in [5, 5.41) is 9.89. The van der Waals surface area contributed by atoms with E-state index in [1.807, 2.05) is 0 Å². The van der Waals surface area contributed by atoms with Crippen LogP contribution in [0, 0.1) is 11.6 Å². The van der Waals surface area contributed by atoms with Gasteiger partial charge in [-0.2, -0.15) is 0 Å². The van der Waals surface area contributed by atoms with Gasteiger partial charge in [-0.25, -0.2) is 13.6 Å². The van der Waals surface area contributed by atoms with Gasteiger partial charge in [0.05, 0.1) is 52.2 Å². The highest BCUT2D eigenvalue weighted by molar-refractivity contribution is 6.40. The molecule has 0 bridgehead atoms. The molecule has 0 unspecified atom stereocenters. The van der Waals surface area contributed by atoms with Crippen molar-refractivity contribution in [2.24, 2.45) is 10.7 Å². The molecule has 2 aliphatic rings. The number of nitrogens with zero attached hydrogens (tertiary/aromatic N) is 3. The summed E-state index contributed by atoms with van der Waals surface area (Å²) >= 11 is 13.0. The Bertz CT molecular complexity index is 1650. The molecule has 0 aromatic heterocycles. The van der Waals surface area contributed by atoms with Crippen LogP contribution < -0.4 is 15.4 Å². The summed E-state index contributed by atoms with van der Waals surface area (Å²) in [5.74, 6) is -3.87. The van der Waals surface area contributed by atoms with E-state index in [-0.39, 0.29) is 72.2 Å². The molecule has 9 nitrogen and oxygen atoms in total. The van der Waals surface area contributed by atoms with Gasteiger partial charge < -0.3 is 30.1 Å². The fraction of sp³-hybridized carbons (Fsp3) is 0.233. The Morgan fingerprint density at radius 3 is 2.44 bits per heavy atom. The number of rotatable bonds is 6.